The van der Waals surface area contributed by atoms with Crippen LogP contribution < -0.4 is 10.1 Å². The van der Waals surface area contributed by atoms with Crippen LogP contribution in [0.15, 0.2) is 47.6 Å². The number of rotatable bonds is 4. The quantitative estimate of drug-likeness (QED) is 0.405. The van der Waals surface area contributed by atoms with Crippen LogP contribution in [0.5, 0.6) is 5.75 Å². The minimum absolute atomic E-state index is 0.0243. The first-order chi connectivity index (χ1) is 19.4. The summed E-state index contributed by atoms with van der Waals surface area (Å²) in [5, 5.41) is 2.94. The van der Waals surface area contributed by atoms with E-state index in [1.165, 1.54) is 23.1 Å². The molecule has 42 heavy (non-hydrogen) atoms. The zero-order valence-electron chi connectivity index (χ0n) is 22.6. The third-order valence-electron chi connectivity index (χ3n) is 6.34. The van der Waals surface area contributed by atoms with Gasteiger partial charge >= 0.3 is 12.4 Å². The van der Waals surface area contributed by atoms with Crippen molar-refractivity contribution in [3.8, 4) is 5.75 Å². The average molecular weight is 617 g/mol. The number of fused-ring (bicyclic) bond motifs is 2. The Morgan fingerprint density at radius 1 is 0.905 bits per heavy atom. The van der Waals surface area contributed by atoms with Crippen LogP contribution in [0.1, 0.15) is 57.8 Å². The molecule has 0 saturated heterocycles. The SMILES string of the molecule is CC(C)Oc1ccc(S(C)(=O)=O)cc1C(=O)N1Cc2cc(C(F)(F)F)cnc2C1.FC(F)(F)c1cnc2c(c1)CNC2. The van der Waals surface area contributed by atoms with Crippen molar-refractivity contribution in [1.29, 1.82) is 0 Å². The Morgan fingerprint density at radius 2 is 1.50 bits per heavy atom. The van der Waals surface area contributed by atoms with E-state index < -0.39 is 39.2 Å². The van der Waals surface area contributed by atoms with Crippen molar-refractivity contribution in [3.63, 3.8) is 0 Å². The standard InChI is InChI=1S/C19H19F3N2O4S.C8H7F3N2/c1-11(2)28-17-5-4-14(29(3,26)27)7-15(17)18(25)24-9-12-6-13(19(20,21)22)8-23-16(12)10-24;9-8(10,11)6-1-5-2-12-4-7(5)13-3-6/h4-8,11H,9-10H2,1-3H3;1,3,12H,2,4H2. The van der Waals surface area contributed by atoms with Gasteiger partial charge in [0.1, 0.15) is 5.75 Å². The molecule has 0 unspecified atom stereocenters. The lowest BCUT2D eigenvalue weighted by atomic mass is 10.1. The van der Waals surface area contributed by atoms with Crippen LogP contribution in [0.4, 0.5) is 26.3 Å². The number of pyridine rings is 2. The van der Waals surface area contributed by atoms with Gasteiger partial charge in [0.15, 0.2) is 9.84 Å². The highest BCUT2D eigenvalue weighted by atomic mass is 32.2. The Hall–Kier alpha value is -3.72. The molecule has 1 amide bonds. The first-order valence-electron chi connectivity index (χ1n) is 12.5. The molecule has 15 heteroatoms. The Labute approximate surface area is 237 Å². The number of nitrogens with one attached hydrogen (secondary N) is 1. The lowest BCUT2D eigenvalue weighted by Crippen LogP contribution is -2.26. The molecule has 0 aliphatic carbocycles. The second-order valence-corrected chi connectivity index (χ2v) is 12.0. The number of hydrogen-bond acceptors (Lipinski definition) is 7. The van der Waals surface area contributed by atoms with E-state index in [1.807, 2.05) is 0 Å². The van der Waals surface area contributed by atoms with Gasteiger partial charge in [0.25, 0.3) is 5.91 Å². The molecule has 226 valence electrons. The van der Waals surface area contributed by atoms with E-state index in [9.17, 15) is 39.6 Å². The van der Waals surface area contributed by atoms with Crippen LogP contribution in [0, 0.1) is 0 Å². The molecule has 1 aromatic carbocycles. The highest BCUT2D eigenvalue weighted by Crippen LogP contribution is 2.34. The summed E-state index contributed by atoms with van der Waals surface area (Å²) in [5.74, 6) is -0.338. The number of carbonyl (C=O) groups is 1. The number of alkyl halides is 6. The summed E-state index contributed by atoms with van der Waals surface area (Å²) in [6, 6.07) is 6.12. The van der Waals surface area contributed by atoms with Crippen molar-refractivity contribution >= 4 is 15.7 Å². The fourth-order valence-corrected chi connectivity index (χ4v) is 4.96. The Bertz CT molecular complexity index is 1610. The van der Waals surface area contributed by atoms with Gasteiger partial charge in [-0.05, 0) is 55.3 Å². The van der Waals surface area contributed by atoms with E-state index in [0.717, 1.165) is 30.8 Å². The van der Waals surface area contributed by atoms with Crippen molar-refractivity contribution in [3.05, 3.63) is 81.9 Å². The van der Waals surface area contributed by atoms with Crippen LogP contribution >= 0.6 is 0 Å². The van der Waals surface area contributed by atoms with E-state index in [-0.39, 0.29) is 35.4 Å². The van der Waals surface area contributed by atoms with Crippen LogP contribution in [-0.4, -0.2) is 41.6 Å². The molecule has 0 bridgehead atoms. The number of aromatic nitrogens is 2. The zero-order valence-corrected chi connectivity index (χ0v) is 23.4. The minimum Gasteiger partial charge on any atom is -0.490 e. The van der Waals surface area contributed by atoms with E-state index in [0.29, 0.717) is 35.6 Å². The number of ether oxygens (including phenoxy) is 1. The Balaban J connectivity index is 0.000000258. The third-order valence-corrected chi connectivity index (χ3v) is 7.45. The maximum atomic E-state index is 13.1. The third kappa shape index (κ3) is 7.18. The molecule has 0 atom stereocenters. The van der Waals surface area contributed by atoms with Crippen LogP contribution in [0.3, 0.4) is 0 Å². The molecular formula is C27H26F6N4O4S. The number of benzene rings is 1. The van der Waals surface area contributed by atoms with Gasteiger partial charge in [-0.25, -0.2) is 8.42 Å². The van der Waals surface area contributed by atoms with Crippen molar-refractivity contribution in [2.75, 3.05) is 6.26 Å². The molecule has 0 spiro atoms. The van der Waals surface area contributed by atoms with E-state index in [1.54, 1.807) is 13.8 Å². The number of sulfone groups is 1. The summed E-state index contributed by atoms with van der Waals surface area (Å²) in [6.45, 7) is 4.52. The van der Waals surface area contributed by atoms with E-state index in [4.69, 9.17) is 4.74 Å². The van der Waals surface area contributed by atoms with Gasteiger partial charge < -0.3 is 15.0 Å². The molecule has 4 heterocycles. The van der Waals surface area contributed by atoms with Crippen molar-refractivity contribution in [2.24, 2.45) is 0 Å². The first kappa shape index (κ1) is 31.2. The predicted molar refractivity (Wildman–Crippen MR) is 138 cm³/mol. The van der Waals surface area contributed by atoms with Gasteiger partial charge in [0.2, 0.25) is 0 Å². The topological polar surface area (TPSA) is 101 Å². The number of nitrogens with zero attached hydrogens (tertiary/aromatic N) is 3. The summed E-state index contributed by atoms with van der Waals surface area (Å²) in [6.07, 6.45) is -6.44. The number of amides is 1. The molecule has 5 rings (SSSR count). The summed E-state index contributed by atoms with van der Waals surface area (Å²) in [5.41, 5.74) is 0.521. The summed E-state index contributed by atoms with van der Waals surface area (Å²) in [7, 11) is -3.57. The van der Waals surface area contributed by atoms with Crippen LogP contribution in [0.2, 0.25) is 0 Å². The van der Waals surface area contributed by atoms with Crippen molar-refractivity contribution < 1.29 is 44.3 Å². The highest BCUT2D eigenvalue weighted by Gasteiger charge is 2.35. The molecular weight excluding hydrogens is 590 g/mol. The minimum atomic E-state index is -4.53. The molecule has 1 N–H and O–H groups in total. The molecule has 2 aromatic heterocycles. The van der Waals surface area contributed by atoms with Gasteiger partial charge in [-0.3, -0.25) is 14.8 Å². The summed E-state index contributed by atoms with van der Waals surface area (Å²) in [4.78, 5) is 21.9. The second-order valence-electron chi connectivity index (χ2n) is 10.0. The highest BCUT2D eigenvalue weighted by molar-refractivity contribution is 7.90. The van der Waals surface area contributed by atoms with Crippen molar-refractivity contribution in [2.45, 2.75) is 63.4 Å². The van der Waals surface area contributed by atoms with Gasteiger partial charge in [0, 0.05) is 38.3 Å². The predicted octanol–water partition coefficient (Wildman–Crippen LogP) is 5.15. The molecule has 2 aliphatic rings. The van der Waals surface area contributed by atoms with E-state index >= 15 is 0 Å². The number of hydrogen-bond donors (Lipinski definition) is 1. The molecule has 0 fully saturated rings. The number of halogens is 6. The van der Waals surface area contributed by atoms with Crippen LogP contribution in [-0.2, 0) is 48.4 Å². The lowest BCUT2D eigenvalue weighted by Gasteiger charge is -2.19. The normalized spacial score (nSPS) is 14.8. The lowest BCUT2D eigenvalue weighted by molar-refractivity contribution is -0.138. The number of carbonyl (C=O) groups excluding carboxylic acids is 1. The maximum absolute atomic E-state index is 13.1. The van der Waals surface area contributed by atoms with E-state index in [2.05, 4.69) is 15.3 Å². The van der Waals surface area contributed by atoms with Gasteiger partial charge in [-0.2, -0.15) is 26.3 Å². The zero-order chi connectivity index (χ0) is 31.0. The van der Waals surface area contributed by atoms with Crippen LogP contribution in [0.25, 0.3) is 0 Å². The summed E-state index contributed by atoms with van der Waals surface area (Å²) < 4.78 is 105. The molecule has 0 saturated carbocycles. The summed E-state index contributed by atoms with van der Waals surface area (Å²) >= 11 is 0. The fourth-order valence-electron chi connectivity index (χ4n) is 4.31. The average Bonchev–Trinajstić information content (AvgIpc) is 3.53. The monoisotopic (exact) mass is 616 g/mol. The first-order valence-corrected chi connectivity index (χ1v) is 14.4. The fraction of sp³-hybridized carbons (Fsp3) is 0.370. The largest absolute Gasteiger partial charge is 0.490 e. The molecule has 8 nitrogen and oxygen atoms in total. The Kier molecular flexibility index (Phi) is 8.56. The smallest absolute Gasteiger partial charge is 0.417 e. The van der Waals surface area contributed by atoms with Gasteiger partial charge in [0.05, 0.1) is 45.6 Å². The second kappa shape index (κ2) is 11.5. The van der Waals surface area contributed by atoms with Gasteiger partial charge in [-0.1, -0.05) is 0 Å². The molecule has 2 aliphatic heterocycles. The Morgan fingerprint density at radius 3 is 2.07 bits per heavy atom. The maximum Gasteiger partial charge on any atom is 0.417 e. The van der Waals surface area contributed by atoms with Crippen molar-refractivity contribution in [1.82, 2.24) is 20.2 Å². The molecule has 0 radical (unpaired) electrons. The molecule has 3 aromatic rings. The van der Waals surface area contributed by atoms with Gasteiger partial charge in [-0.15, -0.1) is 0 Å².